The number of aromatic nitrogens is 1. The molecule has 4 rings (SSSR count). The molecule has 6 heteroatoms. The first kappa shape index (κ1) is 18.8. The number of halogens is 1. The molecule has 2 aliphatic carbocycles. The topological polar surface area (TPSA) is 65.5 Å². The lowest BCUT2D eigenvalue weighted by Crippen LogP contribution is -2.45. The summed E-state index contributed by atoms with van der Waals surface area (Å²) in [7, 11) is 0. The standard InChI is InChI=1S/C21H30FN3O2/c1-13-5-14-7-15(6-13)9-21(2,8-14)12-25-4-3-16-18(11-25)23-10-17(19(16)22)20(26)24-27/h10,13-15,27H,3-9,11-12H2,1-2H3,(H,24,26). The average Bonchev–Trinajstić information content (AvgIpc) is 2.59. The van der Waals surface area contributed by atoms with Crippen LogP contribution in [-0.4, -0.2) is 34.1 Å². The van der Waals surface area contributed by atoms with Gasteiger partial charge in [0.25, 0.3) is 5.91 Å². The zero-order valence-corrected chi connectivity index (χ0v) is 16.3. The van der Waals surface area contributed by atoms with E-state index in [0.29, 0.717) is 23.9 Å². The van der Waals surface area contributed by atoms with Gasteiger partial charge in [-0.05, 0) is 61.7 Å². The molecule has 2 unspecified atom stereocenters. The lowest BCUT2D eigenvalue weighted by Gasteiger charge is -2.49. The predicted octanol–water partition coefficient (Wildman–Crippen LogP) is 3.55. The molecule has 2 bridgehead atoms. The maximum atomic E-state index is 14.6. The summed E-state index contributed by atoms with van der Waals surface area (Å²) in [5.41, 5.74) is 2.88. The van der Waals surface area contributed by atoms with E-state index in [1.54, 1.807) is 0 Å². The molecule has 1 amide bonds. The van der Waals surface area contributed by atoms with E-state index in [4.69, 9.17) is 5.21 Å². The van der Waals surface area contributed by atoms with Gasteiger partial charge in [0.15, 0.2) is 0 Å². The van der Waals surface area contributed by atoms with Gasteiger partial charge in [0.2, 0.25) is 0 Å². The van der Waals surface area contributed by atoms with Crippen molar-refractivity contribution in [1.82, 2.24) is 15.4 Å². The number of nitrogens with one attached hydrogen (secondary N) is 1. The van der Waals surface area contributed by atoms with Crippen molar-refractivity contribution in [3.05, 3.63) is 28.8 Å². The van der Waals surface area contributed by atoms with Crippen molar-refractivity contribution >= 4 is 5.91 Å². The highest BCUT2D eigenvalue weighted by Crippen LogP contribution is 2.50. The number of carbonyl (C=O) groups excluding carboxylic acids is 1. The van der Waals surface area contributed by atoms with Gasteiger partial charge < -0.3 is 0 Å². The Hall–Kier alpha value is -1.53. The van der Waals surface area contributed by atoms with E-state index in [-0.39, 0.29) is 5.56 Å². The summed E-state index contributed by atoms with van der Waals surface area (Å²) < 4.78 is 14.6. The monoisotopic (exact) mass is 375 g/mol. The van der Waals surface area contributed by atoms with E-state index in [1.165, 1.54) is 43.8 Å². The van der Waals surface area contributed by atoms with Crippen LogP contribution in [0, 0.1) is 29.0 Å². The van der Waals surface area contributed by atoms with E-state index in [9.17, 15) is 9.18 Å². The van der Waals surface area contributed by atoms with Crippen molar-refractivity contribution in [2.75, 3.05) is 13.1 Å². The van der Waals surface area contributed by atoms with Gasteiger partial charge in [0, 0.05) is 31.4 Å². The van der Waals surface area contributed by atoms with E-state index < -0.39 is 11.7 Å². The minimum atomic E-state index is -0.847. The molecule has 0 spiro atoms. The highest BCUT2D eigenvalue weighted by atomic mass is 19.1. The van der Waals surface area contributed by atoms with Gasteiger partial charge in [-0.1, -0.05) is 13.8 Å². The Morgan fingerprint density at radius 3 is 2.74 bits per heavy atom. The first-order valence-corrected chi connectivity index (χ1v) is 10.2. The molecule has 148 valence electrons. The maximum absolute atomic E-state index is 14.6. The third kappa shape index (κ3) is 3.74. The van der Waals surface area contributed by atoms with Crippen molar-refractivity contribution < 1.29 is 14.4 Å². The quantitative estimate of drug-likeness (QED) is 0.626. The van der Waals surface area contributed by atoms with Crippen molar-refractivity contribution in [2.45, 2.75) is 58.9 Å². The van der Waals surface area contributed by atoms with Gasteiger partial charge in [0.05, 0.1) is 11.3 Å². The average molecular weight is 375 g/mol. The summed E-state index contributed by atoms with van der Waals surface area (Å²) >= 11 is 0. The molecule has 1 aromatic heterocycles. The smallest absolute Gasteiger partial charge is 0.279 e. The molecule has 1 aromatic rings. The number of hydroxylamine groups is 1. The third-order valence-electron chi connectivity index (χ3n) is 6.90. The number of amides is 1. The first-order chi connectivity index (χ1) is 12.9. The van der Waals surface area contributed by atoms with Crippen LogP contribution >= 0.6 is 0 Å². The number of hydrogen-bond donors (Lipinski definition) is 2. The normalized spacial score (nSPS) is 33.4. The molecule has 5 nitrogen and oxygen atoms in total. The first-order valence-electron chi connectivity index (χ1n) is 10.2. The van der Waals surface area contributed by atoms with Gasteiger partial charge in [0.1, 0.15) is 5.82 Å². The van der Waals surface area contributed by atoms with Crippen molar-refractivity contribution in [1.29, 1.82) is 0 Å². The van der Waals surface area contributed by atoms with Crippen LogP contribution in [0.2, 0.25) is 0 Å². The Labute approximate surface area is 160 Å². The second-order valence-corrected chi connectivity index (χ2v) is 9.58. The second kappa shape index (κ2) is 7.13. The Morgan fingerprint density at radius 2 is 2.07 bits per heavy atom. The van der Waals surface area contributed by atoms with Crippen molar-refractivity contribution in [3.63, 3.8) is 0 Å². The zero-order valence-electron chi connectivity index (χ0n) is 16.3. The fraction of sp³-hybridized carbons (Fsp3) is 0.714. The van der Waals surface area contributed by atoms with Crippen molar-refractivity contribution in [2.24, 2.45) is 23.2 Å². The summed E-state index contributed by atoms with van der Waals surface area (Å²) in [6.07, 6.45) is 8.54. The predicted molar refractivity (Wildman–Crippen MR) is 99.8 cm³/mol. The van der Waals surface area contributed by atoms with E-state index in [0.717, 1.165) is 36.5 Å². The Bertz CT molecular complexity index is 720. The second-order valence-electron chi connectivity index (χ2n) is 9.58. The summed E-state index contributed by atoms with van der Waals surface area (Å²) in [5, 5.41) is 8.75. The largest absolute Gasteiger partial charge is 0.297 e. The van der Waals surface area contributed by atoms with E-state index in [1.807, 2.05) is 0 Å². The van der Waals surface area contributed by atoms with Gasteiger partial charge >= 0.3 is 0 Å². The van der Waals surface area contributed by atoms with Crippen LogP contribution < -0.4 is 5.48 Å². The zero-order chi connectivity index (χ0) is 19.2. The molecule has 2 N–H and O–H groups in total. The SMILES string of the molecule is CC1CC2CC(C1)CC(C)(CN1CCc3c(ncc(C(=O)NO)c3F)C1)C2. The molecule has 2 saturated carbocycles. The summed E-state index contributed by atoms with van der Waals surface area (Å²) in [4.78, 5) is 18.3. The Balaban J connectivity index is 1.46. The molecule has 3 aliphatic rings. The van der Waals surface area contributed by atoms with Crippen LogP contribution in [0.25, 0.3) is 0 Å². The van der Waals surface area contributed by atoms with E-state index in [2.05, 4.69) is 23.7 Å². The minimum Gasteiger partial charge on any atom is -0.297 e. The molecule has 0 radical (unpaired) electrons. The molecular weight excluding hydrogens is 345 g/mol. The van der Waals surface area contributed by atoms with Crippen LogP contribution in [0.15, 0.2) is 6.20 Å². The van der Waals surface area contributed by atoms with Gasteiger partial charge in [-0.3, -0.25) is 19.9 Å². The number of pyridine rings is 1. The van der Waals surface area contributed by atoms with Gasteiger partial charge in [-0.15, -0.1) is 0 Å². The highest BCUT2D eigenvalue weighted by Gasteiger charge is 2.42. The molecule has 0 saturated heterocycles. The fourth-order valence-corrected chi connectivity index (χ4v) is 6.25. The molecule has 2 heterocycles. The lowest BCUT2D eigenvalue weighted by atomic mass is 9.59. The third-order valence-corrected chi connectivity index (χ3v) is 6.90. The highest BCUT2D eigenvalue weighted by molar-refractivity contribution is 5.93. The maximum Gasteiger partial charge on any atom is 0.279 e. The van der Waals surface area contributed by atoms with E-state index >= 15 is 0 Å². The number of fused-ring (bicyclic) bond motifs is 3. The van der Waals surface area contributed by atoms with Crippen LogP contribution in [0.3, 0.4) is 0 Å². The van der Waals surface area contributed by atoms with Crippen LogP contribution in [0.1, 0.15) is 67.6 Å². The number of carbonyl (C=O) groups is 1. The summed E-state index contributed by atoms with van der Waals surface area (Å²) in [6.45, 7) is 7.29. The molecule has 27 heavy (non-hydrogen) atoms. The minimum absolute atomic E-state index is 0.189. The Kier molecular flexibility index (Phi) is 4.97. The molecule has 2 fully saturated rings. The molecular formula is C21H30FN3O2. The lowest BCUT2D eigenvalue weighted by molar-refractivity contribution is 0.0169. The summed E-state index contributed by atoms with van der Waals surface area (Å²) in [6, 6.07) is 0. The number of rotatable bonds is 3. The fourth-order valence-electron chi connectivity index (χ4n) is 6.25. The van der Waals surface area contributed by atoms with Crippen LogP contribution in [-0.2, 0) is 13.0 Å². The summed E-state index contributed by atoms with van der Waals surface area (Å²) in [5.74, 6) is 1.21. The van der Waals surface area contributed by atoms with Crippen LogP contribution in [0.5, 0.6) is 0 Å². The Morgan fingerprint density at radius 1 is 1.37 bits per heavy atom. The van der Waals surface area contributed by atoms with Gasteiger partial charge in [-0.2, -0.15) is 0 Å². The molecule has 0 aromatic carbocycles. The van der Waals surface area contributed by atoms with Crippen LogP contribution in [0.4, 0.5) is 4.39 Å². The number of nitrogens with zero attached hydrogens (tertiary/aromatic N) is 2. The van der Waals surface area contributed by atoms with Crippen molar-refractivity contribution in [3.8, 4) is 0 Å². The molecule has 2 atom stereocenters. The van der Waals surface area contributed by atoms with Gasteiger partial charge in [-0.25, -0.2) is 9.87 Å². The number of hydrogen-bond acceptors (Lipinski definition) is 4. The molecule has 1 aliphatic heterocycles.